The summed E-state index contributed by atoms with van der Waals surface area (Å²) in [5, 5.41) is 12.5. The molecule has 1 aromatic heterocycles. The summed E-state index contributed by atoms with van der Waals surface area (Å²) < 4.78 is 32.2. The van der Waals surface area contributed by atoms with Gasteiger partial charge in [-0.15, -0.1) is 11.3 Å². The second kappa shape index (κ2) is 9.33. The van der Waals surface area contributed by atoms with Crippen molar-refractivity contribution in [2.24, 2.45) is 0 Å². The van der Waals surface area contributed by atoms with Crippen molar-refractivity contribution in [1.29, 1.82) is 0 Å². The first-order valence-electron chi connectivity index (χ1n) is 9.46. The Morgan fingerprint density at radius 3 is 2.29 bits per heavy atom. The lowest BCUT2D eigenvalue weighted by molar-refractivity contribution is -0.120. The number of carbonyl (C=O) groups is 2. The molecule has 0 bridgehead atoms. The summed E-state index contributed by atoms with van der Waals surface area (Å²) in [6.45, 7) is 7.95. The number of nitrogens with one attached hydrogen (secondary N) is 2. The van der Waals surface area contributed by atoms with Gasteiger partial charge in [0.25, 0.3) is 10.0 Å². The minimum absolute atomic E-state index is 0.174. The zero-order valence-electron chi connectivity index (χ0n) is 18.0. The van der Waals surface area contributed by atoms with Crippen LogP contribution in [-0.2, 0) is 25.2 Å². The molecular formula is C20H27N3O6S2. The van der Waals surface area contributed by atoms with Crippen LogP contribution in [0.1, 0.15) is 51.0 Å². The van der Waals surface area contributed by atoms with Crippen LogP contribution in [0.5, 0.6) is 0 Å². The fourth-order valence-electron chi connectivity index (χ4n) is 2.46. The smallest absolute Gasteiger partial charge is 0.407 e. The highest BCUT2D eigenvalue weighted by atomic mass is 32.2. The molecule has 0 aliphatic rings. The number of aromatic nitrogens is 1. The predicted molar refractivity (Wildman–Crippen MR) is 116 cm³/mol. The van der Waals surface area contributed by atoms with E-state index in [1.165, 1.54) is 20.0 Å². The molecule has 0 aliphatic carbocycles. The van der Waals surface area contributed by atoms with E-state index in [-0.39, 0.29) is 10.9 Å². The van der Waals surface area contributed by atoms with Gasteiger partial charge >= 0.3 is 6.09 Å². The molecule has 9 nitrogen and oxygen atoms in total. The van der Waals surface area contributed by atoms with Gasteiger partial charge in [0, 0.05) is 12.7 Å². The molecule has 0 fully saturated rings. The minimum Gasteiger partial charge on any atom is -0.444 e. The summed E-state index contributed by atoms with van der Waals surface area (Å²) in [5.74, 6) is -1.82. The molecule has 2 amide bonds. The third kappa shape index (κ3) is 7.30. The summed E-state index contributed by atoms with van der Waals surface area (Å²) in [4.78, 5) is 29.0. The molecule has 1 heterocycles. The fraction of sp³-hybridized carbons (Fsp3) is 0.450. The van der Waals surface area contributed by atoms with Crippen molar-refractivity contribution in [1.82, 2.24) is 15.0 Å². The SMILES string of the molecule is CC(C)(C)OC(=O)NC[C@@H](C(=O)NS(=O)(=O)c1ncc(C(C)(C)O)s1)c1ccccc1. The number of aliphatic hydroxyl groups is 1. The van der Waals surface area contributed by atoms with Crippen LogP contribution in [0.25, 0.3) is 0 Å². The number of sulfonamides is 1. The van der Waals surface area contributed by atoms with Crippen molar-refractivity contribution in [2.75, 3.05) is 6.54 Å². The molecule has 1 aromatic carbocycles. The second-order valence-corrected chi connectivity index (χ2v) is 11.3. The first-order chi connectivity index (χ1) is 14.2. The van der Waals surface area contributed by atoms with E-state index in [9.17, 15) is 23.1 Å². The third-order valence-electron chi connectivity index (χ3n) is 3.92. The maximum atomic E-state index is 12.9. The Morgan fingerprint density at radius 2 is 1.77 bits per heavy atom. The quantitative estimate of drug-likeness (QED) is 0.567. The van der Waals surface area contributed by atoms with Gasteiger partial charge in [-0.05, 0) is 40.2 Å². The zero-order valence-corrected chi connectivity index (χ0v) is 19.6. The molecule has 31 heavy (non-hydrogen) atoms. The van der Waals surface area contributed by atoms with Crippen molar-refractivity contribution in [3.63, 3.8) is 0 Å². The Bertz CT molecular complexity index is 1020. The minimum atomic E-state index is -4.27. The van der Waals surface area contributed by atoms with Gasteiger partial charge in [0.05, 0.1) is 16.4 Å². The lowest BCUT2D eigenvalue weighted by atomic mass is 9.98. The number of carbonyl (C=O) groups excluding carboxylic acids is 2. The largest absolute Gasteiger partial charge is 0.444 e. The average Bonchev–Trinajstić information content (AvgIpc) is 3.12. The van der Waals surface area contributed by atoms with Crippen LogP contribution in [0, 0.1) is 0 Å². The van der Waals surface area contributed by atoms with Crippen molar-refractivity contribution < 1.29 is 27.9 Å². The van der Waals surface area contributed by atoms with E-state index < -0.39 is 39.1 Å². The van der Waals surface area contributed by atoms with Gasteiger partial charge in [-0.3, -0.25) is 4.79 Å². The van der Waals surface area contributed by atoms with Gasteiger partial charge in [0.15, 0.2) is 0 Å². The first-order valence-corrected chi connectivity index (χ1v) is 11.8. The summed E-state index contributed by atoms with van der Waals surface area (Å²) in [7, 11) is -4.27. The predicted octanol–water partition coefficient (Wildman–Crippen LogP) is 2.48. The maximum absolute atomic E-state index is 12.9. The van der Waals surface area contributed by atoms with Crippen molar-refractivity contribution >= 4 is 33.4 Å². The molecule has 3 N–H and O–H groups in total. The number of nitrogens with zero attached hydrogens (tertiary/aromatic N) is 1. The highest BCUT2D eigenvalue weighted by Crippen LogP contribution is 2.28. The molecule has 1 atom stereocenters. The third-order valence-corrected chi connectivity index (χ3v) is 6.97. The molecule has 11 heteroatoms. The van der Waals surface area contributed by atoms with E-state index in [0.29, 0.717) is 10.4 Å². The number of amides is 2. The van der Waals surface area contributed by atoms with Crippen LogP contribution in [0.15, 0.2) is 40.9 Å². The van der Waals surface area contributed by atoms with E-state index >= 15 is 0 Å². The normalized spacial score (nSPS) is 13.4. The van der Waals surface area contributed by atoms with Crippen LogP contribution < -0.4 is 10.0 Å². The Labute approximate surface area is 185 Å². The number of hydrogen-bond donors (Lipinski definition) is 3. The molecule has 0 radical (unpaired) electrons. The number of benzene rings is 1. The highest BCUT2D eigenvalue weighted by Gasteiger charge is 2.30. The Morgan fingerprint density at radius 1 is 1.16 bits per heavy atom. The van der Waals surface area contributed by atoms with Crippen molar-refractivity contribution in [2.45, 2.75) is 56.1 Å². The van der Waals surface area contributed by atoms with Gasteiger partial charge in [-0.25, -0.2) is 14.5 Å². The van der Waals surface area contributed by atoms with E-state index in [2.05, 4.69) is 10.3 Å². The molecule has 2 aromatic rings. The van der Waals surface area contributed by atoms with E-state index in [4.69, 9.17) is 4.74 Å². The van der Waals surface area contributed by atoms with Gasteiger partial charge < -0.3 is 15.2 Å². The monoisotopic (exact) mass is 469 g/mol. The Hall–Kier alpha value is -2.50. The highest BCUT2D eigenvalue weighted by molar-refractivity contribution is 7.92. The molecule has 170 valence electrons. The van der Waals surface area contributed by atoms with E-state index in [1.807, 2.05) is 4.72 Å². The standard InChI is InChI=1S/C20H27N3O6S2/c1-19(2,3)29-17(25)21-11-14(13-9-7-6-8-10-13)16(24)23-31(27,28)18-22-12-15(30-18)20(4,5)26/h6-10,12,14,26H,11H2,1-5H3,(H,21,25)(H,23,24)/t14-/m1/s1. The Balaban J connectivity index is 2.21. The number of hydrogen-bond acceptors (Lipinski definition) is 8. The zero-order chi connectivity index (χ0) is 23.4. The number of thiazole rings is 1. The molecule has 0 saturated carbocycles. The van der Waals surface area contributed by atoms with Crippen LogP contribution in [-0.4, -0.2) is 42.7 Å². The summed E-state index contributed by atoms with van der Waals surface area (Å²) in [6, 6.07) is 8.47. The second-order valence-electron chi connectivity index (χ2n) is 8.37. The van der Waals surface area contributed by atoms with Crippen LogP contribution >= 0.6 is 11.3 Å². The first kappa shape index (κ1) is 24.8. The number of rotatable bonds is 7. The molecular weight excluding hydrogens is 442 g/mol. The molecule has 0 saturated heterocycles. The average molecular weight is 470 g/mol. The molecule has 0 spiro atoms. The fourth-order valence-corrected chi connectivity index (χ4v) is 4.63. The van der Waals surface area contributed by atoms with E-state index in [1.54, 1.807) is 51.1 Å². The van der Waals surface area contributed by atoms with Gasteiger partial charge in [-0.1, -0.05) is 30.3 Å². The molecule has 2 rings (SSSR count). The van der Waals surface area contributed by atoms with Crippen molar-refractivity contribution in [3.05, 3.63) is 47.0 Å². The summed E-state index contributed by atoms with van der Waals surface area (Å²) in [5.41, 5.74) is -1.47. The van der Waals surface area contributed by atoms with Crippen LogP contribution in [0.2, 0.25) is 0 Å². The summed E-state index contributed by atoms with van der Waals surface area (Å²) in [6.07, 6.45) is 0.529. The summed E-state index contributed by atoms with van der Waals surface area (Å²) >= 11 is 0.767. The van der Waals surface area contributed by atoms with Crippen LogP contribution in [0.4, 0.5) is 4.79 Å². The van der Waals surface area contributed by atoms with E-state index in [0.717, 1.165) is 11.3 Å². The lowest BCUT2D eigenvalue weighted by Gasteiger charge is -2.22. The van der Waals surface area contributed by atoms with Crippen LogP contribution in [0.3, 0.4) is 0 Å². The topological polar surface area (TPSA) is 135 Å². The number of alkyl carbamates (subject to hydrolysis) is 1. The van der Waals surface area contributed by atoms with Gasteiger partial charge in [0.2, 0.25) is 10.2 Å². The number of ether oxygens (including phenoxy) is 1. The molecule has 0 unspecified atom stereocenters. The van der Waals surface area contributed by atoms with Gasteiger partial charge in [0.1, 0.15) is 5.60 Å². The Kier molecular flexibility index (Phi) is 7.45. The molecule has 0 aliphatic heterocycles. The lowest BCUT2D eigenvalue weighted by Crippen LogP contribution is -2.41. The van der Waals surface area contributed by atoms with Gasteiger partial charge in [-0.2, -0.15) is 8.42 Å². The van der Waals surface area contributed by atoms with Crippen molar-refractivity contribution in [3.8, 4) is 0 Å². The maximum Gasteiger partial charge on any atom is 0.407 e.